The second-order valence-corrected chi connectivity index (χ2v) is 3.16. The highest BCUT2D eigenvalue weighted by atomic mass is 16.2. The van der Waals surface area contributed by atoms with Gasteiger partial charge in [-0.05, 0) is 19.9 Å². The van der Waals surface area contributed by atoms with Crippen molar-refractivity contribution >= 4 is 11.7 Å². The molecule has 0 saturated carbocycles. The Morgan fingerprint density at radius 1 is 1.77 bits per heavy atom. The Labute approximate surface area is 76.9 Å². The summed E-state index contributed by atoms with van der Waals surface area (Å²) < 4.78 is 1.51. The molecule has 5 nitrogen and oxygen atoms in total. The van der Waals surface area contributed by atoms with E-state index in [2.05, 4.69) is 10.4 Å². The highest BCUT2D eigenvalue weighted by Crippen LogP contribution is 1.95. The maximum absolute atomic E-state index is 11.2. The Hall–Kier alpha value is -1.52. The maximum atomic E-state index is 11.2. The van der Waals surface area contributed by atoms with Crippen molar-refractivity contribution in [3.05, 3.63) is 12.3 Å². The predicted octanol–water partition coefficient (Wildman–Crippen LogP) is -0.0101. The van der Waals surface area contributed by atoms with Crippen LogP contribution >= 0.6 is 0 Å². The fourth-order valence-corrected chi connectivity index (χ4v) is 0.980. The van der Waals surface area contributed by atoms with Crippen molar-refractivity contribution in [3.63, 3.8) is 0 Å². The van der Waals surface area contributed by atoms with Crippen LogP contribution in [-0.2, 0) is 11.3 Å². The average Bonchev–Trinajstić information content (AvgIpc) is 2.33. The summed E-state index contributed by atoms with van der Waals surface area (Å²) in [6, 6.07) is 1.81. The summed E-state index contributed by atoms with van der Waals surface area (Å²) in [5.74, 6) is 0.371. The number of anilines is 1. The number of carbonyl (C=O) groups is 1. The van der Waals surface area contributed by atoms with E-state index < -0.39 is 0 Å². The molecule has 3 N–H and O–H groups in total. The van der Waals surface area contributed by atoms with Crippen molar-refractivity contribution in [2.45, 2.75) is 26.4 Å². The molecule has 0 aliphatic carbocycles. The van der Waals surface area contributed by atoms with Crippen LogP contribution in [0.2, 0.25) is 0 Å². The van der Waals surface area contributed by atoms with Crippen molar-refractivity contribution in [1.29, 1.82) is 0 Å². The zero-order valence-electron chi connectivity index (χ0n) is 7.82. The van der Waals surface area contributed by atoms with Crippen LogP contribution in [0.5, 0.6) is 0 Å². The zero-order chi connectivity index (χ0) is 9.84. The molecule has 13 heavy (non-hydrogen) atoms. The number of hydrogen-bond donors (Lipinski definition) is 2. The molecule has 0 unspecified atom stereocenters. The summed E-state index contributed by atoms with van der Waals surface area (Å²) in [6.45, 7) is 4.04. The Kier molecular flexibility index (Phi) is 2.89. The summed E-state index contributed by atoms with van der Waals surface area (Å²) in [5.41, 5.74) is 5.39. The molecule has 0 fully saturated rings. The quantitative estimate of drug-likeness (QED) is 0.690. The first-order chi connectivity index (χ1) is 6.08. The second kappa shape index (κ2) is 3.93. The average molecular weight is 182 g/mol. The van der Waals surface area contributed by atoms with Crippen LogP contribution in [-0.4, -0.2) is 21.7 Å². The van der Waals surface area contributed by atoms with E-state index in [1.807, 2.05) is 13.8 Å². The Morgan fingerprint density at radius 2 is 2.46 bits per heavy atom. The minimum Gasteiger partial charge on any atom is -0.382 e. The fourth-order valence-electron chi connectivity index (χ4n) is 0.980. The minimum absolute atomic E-state index is 0.0573. The van der Waals surface area contributed by atoms with Gasteiger partial charge in [0.1, 0.15) is 12.4 Å². The SMILES string of the molecule is CC(C)NC(=O)Cn1ccc(N)n1. The van der Waals surface area contributed by atoms with Crippen LogP contribution in [0.3, 0.4) is 0 Å². The van der Waals surface area contributed by atoms with Gasteiger partial charge in [-0.2, -0.15) is 5.10 Å². The first-order valence-corrected chi connectivity index (χ1v) is 4.16. The molecule has 0 bridgehead atoms. The standard InChI is InChI=1S/C8H14N4O/c1-6(2)10-8(13)5-12-4-3-7(9)11-12/h3-4,6H,5H2,1-2H3,(H2,9,11)(H,10,13). The first kappa shape index (κ1) is 9.57. The van der Waals surface area contributed by atoms with Gasteiger partial charge in [-0.3, -0.25) is 9.48 Å². The molecule has 1 aromatic rings. The van der Waals surface area contributed by atoms with Crippen molar-refractivity contribution < 1.29 is 4.79 Å². The first-order valence-electron chi connectivity index (χ1n) is 4.16. The molecule has 0 saturated heterocycles. The molecule has 5 heteroatoms. The highest BCUT2D eigenvalue weighted by molar-refractivity contribution is 5.75. The molecule has 1 rings (SSSR count). The van der Waals surface area contributed by atoms with E-state index in [4.69, 9.17) is 5.73 Å². The third-order valence-electron chi connectivity index (χ3n) is 1.42. The van der Waals surface area contributed by atoms with Crippen molar-refractivity contribution in [2.75, 3.05) is 5.73 Å². The number of nitrogens with two attached hydrogens (primary N) is 1. The third kappa shape index (κ3) is 3.14. The molecule has 72 valence electrons. The molecule has 1 aromatic heterocycles. The van der Waals surface area contributed by atoms with Crippen LogP contribution in [0.15, 0.2) is 12.3 Å². The Balaban J connectivity index is 2.45. The lowest BCUT2D eigenvalue weighted by molar-refractivity contribution is -0.122. The van der Waals surface area contributed by atoms with E-state index in [0.717, 1.165) is 0 Å². The van der Waals surface area contributed by atoms with Gasteiger partial charge in [0.25, 0.3) is 0 Å². The smallest absolute Gasteiger partial charge is 0.241 e. The number of nitrogens with one attached hydrogen (secondary N) is 1. The van der Waals surface area contributed by atoms with Crippen LogP contribution in [0.4, 0.5) is 5.82 Å². The van der Waals surface area contributed by atoms with Crippen LogP contribution in [0, 0.1) is 0 Å². The molecule has 0 atom stereocenters. The second-order valence-electron chi connectivity index (χ2n) is 3.16. The highest BCUT2D eigenvalue weighted by Gasteiger charge is 2.04. The molecule has 0 aliphatic rings. The number of amides is 1. The van der Waals surface area contributed by atoms with E-state index in [1.54, 1.807) is 12.3 Å². The monoisotopic (exact) mass is 182 g/mol. The maximum Gasteiger partial charge on any atom is 0.241 e. The van der Waals surface area contributed by atoms with Crippen LogP contribution in [0.25, 0.3) is 0 Å². The van der Waals surface area contributed by atoms with E-state index in [-0.39, 0.29) is 18.5 Å². The Morgan fingerprint density at radius 3 is 2.92 bits per heavy atom. The summed E-state index contributed by atoms with van der Waals surface area (Å²) in [5, 5.41) is 6.65. The topological polar surface area (TPSA) is 72.9 Å². The largest absolute Gasteiger partial charge is 0.382 e. The fraction of sp³-hybridized carbons (Fsp3) is 0.500. The lowest BCUT2D eigenvalue weighted by atomic mass is 10.4. The van der Waals surface area contributed by atoms with E-state index >= 15 is 0 Å². The van der Waals surface area contributed by atoms with Gasteiger partial charge in [0, 0.05) is 12.2 Å². The van der Waals surface area contributed by atoms with Crippen molar-refractivity contribution in [3.8, 4) is 0 Å². The molecule has 0 aliphatic heterocycles. The molecule has 1 heterocycles. The van der Waals surface area contributed by atoms with Crippen LogP contribution < -0.4 is 11.1 Å². The summed E-state index contributed by atoms with van der Waals surface area (Å²) in [7, 11) is 0. The molecule has 1 amide bonds. The molecule has 0 aromatic carbocycles. The lowest BCUT2D eigenvalue weighted by Gasteiger charge is -2.07. The van der Waals surface area contributed by atoms with Crippen molar-refractivity contribution in [1.82, 2.24) is 15.1 Å². The summed E-state index contributed by atoms with van der Waals surface area (Å²) >= 11 is 0. The van der Waals surface area contributed by atoms with Gasteiger partial charge in [0.15, 0.2) is 0 Å². The zero-order valence-corrected chi connectivity index (χ0v) is 7.82. The van der Waals surface area contributed by atoms with Gasteiger partial charge in [0.2, 0.25) is 5.91 Å². The van der Waals surface area contributed by atoms with Gasteiger partial charge < -0.3 is 11.1 Å². The molecular formula is C8H14N4O. The van der Waals surface area contributed by atoms with E-state index in [9.17, 15) is 4.79 Å². The number of carbonyl (C=O) groups excluding carboxylic acids is 1. The van der Waals surface area contributed by atoms with E-state index in [0.29, 0.717) is 5.82 Å². The van der Waals surface area contributed by atoms with Gasteiger partial charge >= 0.3 is 0 Å². The molecule has 0 spiro atoms. The molecule has 0 radical (unpaired) electrons. The number of aromatic nitrogens is 2. The van der Waals surface area contributed by atoms with Crippen LogP contribution in [0.1, 0.15) is 13.8 Å². The minimum atomic E-state index is -0.0573. The van der Waals surface area contributed by atoms with Gasteiger partial charge in [-0.25, -0.2) is 0 Å². The van der Waals surface area contributed by atoms with Gasteiger partial charge in [-0.1, -0.05) is 0 Å². The lowest BCUT2D eigenvalue weighted by Crippen LogP contribution is -2.33. The number of rotatable bonds is 3. The van der Waals surface area contributed by atoms with E-state index in [1.165, 1.54) is 4.68 Å². The van der Waals surface area contributed by atoms with Crippen molar-refractivity contribution in [2.24, 2.45) is 0 Å². The number of hydrogen-bond acceptors (Lipinski definition) is 3. The van der Waals surface area contributed by atoms with Gasteiger partial charge in [0.05, 0.1) is 0 Å². The Bertz CT molecular complexity index is 292. The number of nitrogens with zero attached hydrogens (tertiary/aromatic N) is 2. The molecular weight excluding hydrogens is 168 g/mol. The summed E-state index contributed by atoms with van der Waals surface area (Å²) in [4.78, 5) is 11.2. The normalized spacial score (nSPS) is 10.4. The third-order valence-corrected chi connectivity index (χ3v) is 1.42. The summed E-state index contributed by atoms with van der Waals surface area (Å²) in [6.07, 6.45) is 1.68. The number of nitrogen functional groups attached to an aromatic ring is 1. The predicted molar refractivity (Wildman–Crippen MR) is 49.9 cm³/mol. The van der Waals surface area contributed by atoms with Gasteiger partial charge in [-0.15, -0.1) is 0 Å².